The molecule has 0 saturated heterocycles. The summed E-state index contributed by atoms with van der Waals surface area (Å²) in [5.41, 5.74) is 6.11. The van der Waals surface area contributed by atoms with Crippen molar-refractivity contribution < 1.29 is 4.79 Å². The van der Waals surface area contributed by atoms with E-state index in [0.29, 0.717) is 22.1 Å². The van der Waals surface area contributed by atoms with E-state index in [4.69, 9.17) is 29.6 Å². The Kier molecular flexibility index (Phi) is 6.21. The molecular weight excluding hydrogens is 282 g/mol. The topological polar surface area (TPSA) is 58.4 Å². The van der Waals surface area contributed by atoms with Crippen molar-refractivity contribution in [1.82, 2.24) is 4.90 Å². The van der Waals surface area contributed by atoms with E-state index in [9.17, 15) is 4.79 Å². The normalized spacial score (nSPS) is 12.2. The summed E-state index contributed by atoms with van der Waals surface area (Å²) in [6.45, 7) is 2.23. The third-order valence-corrected chi connectivity index (χ3v) is 3.29. The summed E-state index contributed by atoms with van der Waals surface area (Å²) >= 11 is 10.8. The zero-order valence-electron chi connectivity index (χ0n) is 11.0. The van der Waals surface area contributed by atoms with Crippen molar-refractivity contribution in [3.05, 3.63) is 29.3 Å². The first-order chi connectivity index (χ1) is 8.90. The van der Waals surface area contributed by atoms with Gasteiger partial charge in [-0.3, -0.25) is 9.69 Å². The summed E-state index contributed by atoms with van der Waals surface area (Å²) < 4.78 is 0. The van der Waals surface area contributed by atoms with Crippen LogP contribution in [0.5, 0.6) is 0 Å². The zero-order chi connectivity index (χ0) is 14.4. The summed E-state index contributed by atoms with van der Waals surface area (Å²) in [6.07, 6.45) is 0.588. The minimum atomic E-state index is -0.120. The van der Waals surface area contributed by atoms with E-state index >= 15 is 0 Å². The lowest BCUT2D eigenvalue weighted by Crippen LogP contribution is -2.38. The standard InChI is InChI=1S/C13H18ClN3OS/c1-9(7-12(15)19)17(2)8-13(18)16-11-6-4-3-5-10(11)14/h3-6,9H,7-8H2,1-2H3,(H2,15,19)(H,16,18). The van der Waals surface area contributed by atoms with Crippen molar-refractivity contribution in [2.75, 3.05) is 18.9 Å². The molecule has 1 atom stereocenters. The molecule has 4 nitrogen and oxygen atoms in total. The molecule has 0 radical (unpaired) electrons. The van der Waals surface area contributed by atoms with Gasteiger partial charge in [0.2, 0.25) is 5.91 Å². The predicted octanol–water partition coefficient (Wildman–Crippen LogP) is 2.27. The number of anilines is 1. The Morgan fingerprint density at radius 1 is 1.53 bits per heavy atom. The van der Waals surface area contributed by atoms with Gasteiger partial charge in [-0.25, -0.2) is 0 Å². The van der Waals surface area contributed by atoms with Crippen LogP contribution in [0.2, 0.25) is 5.02 Å². The van der Waals surface area contributed by atoms with Crippen molar-refractivity contribution in [2.24, 2.45) is 5.73 Å². The second-order valence-electron chi connectivity index (χ2n) is 4.46. The van der Waals surface area contributed by atoms with Crippen LogP contribution in [0.3, 0.4) is 0 Å². The molecule has 0 saturated carbocycles. The number of hydrogen-bond donors (Lipinski definition) is 2. The third kappa shape index (κ3) is 5.55. The summed E-state index contributed by atoms with van der Waals surface area (Å²) in [7, 11) is 1.86. The van der Waals surface area contributed by atoms with Gasteiger partial charge in [0.1, 0.15) is 0 Å². The van der Waals surface area contributed by atoms with Crippen LogP contribution in [0.4, 0.5) is 5.69 Å². The number of nitrogens with one attached hydrogen (secondary N) is 1. The van der Waals surface area contributed by atoms with Crippen LogP contribution in [0.15, 0.2) is 24.3 Å². The van der Waals surface area contributed by atoms with Crippen LogP contribution < -0.4 is 11.1 Å². The average molecular weight is 300 g/mol. The Balaban J connectivity index is 2.51. The Bertz CT molecular complexity index is 467. The molecule has 1 amide bonds. The molecule has 0 aliphatic heterocycles. The van der Waals surface area contributed by atoms with Gasteiger partial charge in [0.25, 0.3) is 0 Å². The van der Waals surface area contributed by atoms with Gasteiger partial charge in [0.15, 0.2) is 0 Å². The number of halogens is 1. The van der Waals surface area contributed by atoms with Gasteiger partial charge in [-0.2, -0.15) is 0 Å². The average Bonchev–Trinajstić information content (AvgIpc) is 2.31. The highest BCUT2D eigenvalue weighted by Gasteiger charge is 2.14. The Morgan fingerprint density at radius 2 is 2.16 bits per heavy atom. The van der Waals surface area contributed by atoms with Crippen LogP contribution >= 0.6 is 23.8 Å². The van der Waals surface area contributed by atoms with E-state index < -0.39 is 0 Å². The molecule has 0 heterocycles. The Morgan fingerprint density at radius 3 is 2.74 bits per heavy atom. The molecule has 1 rings (SSSR count). The summed E-state index contributed by atoms with van der Waals surface area (Å²) in [6, 6.07) is 7.25. The SMILES string of the molecule is CC(CC(N)=S)N(C)CC(=O)Nc1ccccc1Cl. The molecule has 1 aromatic rings. The van der Waals surface area contributed by atoms with Gasteiger partial charge in [-0.1, -0.05) is 36.0 Å². The molecule has 1 unspecified atom stereocenters. The number of benzene rings is 1. The second-order valence-corrected chi connectivity index (χ2v) is 5.39. The van der Waals surface area contributed by atoms with E-state index in [0.717, 1.165) is 0 Å². The third-order valence-electron chi connectivity index (χ3n) is 2.79. The van der Waals surface area contributed by atoms with Crippen molar-refractivity contribution in [3.63, 3.8) is 0 Å². The Hall–Kier alpha value is -1.17. The van der Waals surface area contributed by atoms with Crippen LogP contribution in [-0.4, -0.2) is 35.4 Å². The smallest absolute Gasteiger partial charge is 0.238 e. The minimum Gasteiger partial charge on any atom is -0.393 e. The van der Waals surface area contributed by atoms with Gasteiger partial charge in [0, 0.05) is 12.5 Å². The number of nitrogens with two attached hydrogens (primary N) is 1. The molecule has 0 aliphatic carbocycles. The number of nitrogens with zero attached hydrogens (tertiary/aromatic N) is 1. The molecule has 0 bridgehead atoms. The van der Waals surface area contributed by atoms with Crippen molar-refractivity contribution >= 4 is 40.4 Å². The van der Waals surface area contributed by atoms with Crippen molar-refractivity contribution in [1.29, 1.82) is 0 Å². The quantitative estimate of drug-likeness (QED) is 0.791. The second kappa shape index (κ2) is 7.43. The number of rotatable bonds is 6. The van der Waals surface area contributed by atoms with Gasteiger partial charge < -0.3 is 11.1 Å². The van der Waals surface area contributed by atoms with Crippen LogP contribution in [0.25, 0.3) is 0 Å². The number of hydrogen-bond acceptors (Lipinski definition) is 3. The van der Waals surface area contributed by atoms with E-state index in [1.807, 2.05) is 31.0 Å². The van der Waals surface area contributed by atoms with Crippen molar-refractivity contribution in [2.45, 2.75) is 19.4 Å². The highest BCUT2D eigenvalue weighted by Crippen LogP contribution is 2.20. The zero-order valence-corrected chi connectivity index (χ0v) is 12.6. The van der Waals surface area contributed by atoms with Gasteiger partial charge in [0.05, 0.1) is 22.2 Å². The molecule has 0 aromatic heterocycles. The highest BCUT2D eigenvalue weighted by molar-refractivity contribution is 7.80. The first-order valence-corrected chi connectivity index (χ1v) is 6.71. The lowest BCUT2D eigenvalue weighted by atomic mass is 10.2. The minimum absolute atomic E-state index is 0.120. The van der Waals surface area contributed by atoms with Gasteiger partial charge in [-0.15, -0.1) is 0 Å². The molecule has 0 fully saturated rings. The molecule has 6 heteroatoms. The summed E-state index contributed by atoms with van der Waals surface area (Å²) in [5.74, 6) is -0.120. The monoisotopic (exact) mass is 299 g/mol. The molecule has 3 N–H and O–H groups in total. The molecule has 19 heavy (non-hydrogen) atoms. The maximum absolute atomic E-state index is 11.9. The maximum Gasteiger partial charge on any atom is 0.238 e. The molecule has 1 aromatic carbocycles. The maximum atomic E-state index is 11.9. The number of thiocarbonyl (C=S) groups is 1. The predicted molar refractivity (Wildman–Crippen MR) is 83.6 cm³/mol. The van der Waals surface area contributed by atoms with E-state index in [1.54, 1.807) is 12.1 Å². The number of carbonyl (C=O) groups excluding carboxylic acids is 1. The molecule has 0 aliphatic rings. The van der Waals surface area contributed by atoms with E-state index in [-0.39, 0.29) is 18.5 Å². The summed E-state index contributed by atoms with van der Waals surface area (Å²) in [5, 5.41) is 3.30. The first kappa shape index (κ1) is 15.9. The Labute approximate surface area is 123 Å². The first-order valence-electron chi connectivity index (χ1n) is 5.93. The number of para-hydroxylation sites is 1. The highest BCUT2D eigenvalue weighted by atomic mass is 35.5. The van der Waals surface area contributed by atoms with Crippen LogP contribution in [0, 0.1) is 0 Å². The van der Waals surface area contributed by atoms with E-state index in [2.05, 4.69) is 5.32 Å². The van der Waals surface area contributed by atoms with Crippen LogP contribution in [0.1, 0.15) is 13.3 Å². The van der Waals surface area contributed by atoms with Gasteiger partial charge in [-0.05, 0) is 26.1 Å². The van der Waals surface area contributed by atoms with Crippen LogP contribution in [-0.2, 0) is 4.79 Å². The fraction of sp³-hybridized carbons (Fsp3) is 0.385. The molecule has 0 spiro atoms. The lowest BCUT2D eigenvalue weighted by Gasteiger charge is -2.23. The lowest BCUT2D eigenvalue weighted by molar-refractivity contribution is -0.117. The van der Waals surface area contributed by atoms with Gasteiger partial charge >= 0.3 is 0 Å². The number of carbonyl (C=O) groups is 1. The van der Waals surface area contributed by atoms with E-state index in [1.165, 1.54) is 0 Å². The fourth-order valence-corrected chi connectivity index (χ4v) is 2.01. The number of amides is 1. The molecule has 104 valence electrons. The largest absolute Gasteiger partial charge is 0.393 e. The fourth-order valence-electron chi connectivity index (χ4n) is 1.58. The van der Waals surface area contributed by atoms with Crippen molar-refractivity contribution in [3.8, 4) is 0 Å². The number of likely N-dealkylation sites (N-methyl/N-ethyl adjacent to an activating group) is 1. The summed E-state index contributed by atoms with van der Waals surface area (Å²) in [4.78, 5) is 14.2. The molecular formula is C13H18ClN3OS.